The summed E-state index contributed by atoms with van der Waals surface area (Å²) in [6.07, 6.45) is 2.46. The lowest BCUT2D eigenvalue weighted by Gasteiger charge is -2.32. The zero-order chi connectivity index (χ0) is 18.0. The maximum Gasteiger partial charge on any atom is 0.255 e. The lowest BCUT2D eigenvalue weighted by atomic mass is 10.2. The van der Waals surface area contributed by atoms with E-state index in [1.54, 1.807) is 9.80 Å². The number of nitrogens with zero attached hydrogens (tertiary/aromatic N) is 3. The van der Waals surface area contributed by atoms with Crippen LogP contribution in [0.2, 0.25) is 5.02 Å². The number of sulfonamides is 1. The van der Waals surface area contributed by atoms with Gasteiger partial charge in [0.1, 0.15) is 0 Å². The number of rotatable bonds is 4. The predicted octanol–water partition coefficient (Wildman–Crippen LogP) is 1.04. The second-order valence-electron chi connectivity index (χ2n) is 6.19. The van der Waals surface area contributed by atoms with Crippen molar-refractivity contribution >= 4 is 33.9 Å². The Hall–Kier alpha value is -1.64. The third kappa shape index (κ3) is 3.65. The Morgan fingerprint density at radius 3 is 2.28 bits per heavy atom. The van der Waals surface area contributed by atoms with Crippen molar-refractivity contribution in [3.05, 3.63) is 28.8 Å². The molecule has 0 spiro atoms. The van der Waals surface area contributed by atoms with Crippen LogP contribution in [0.15, 0.2) is 23.1 Å². The largest absolute Gasteiger partial charge is 0.342 e. The molecule has 0 radical (unpaired) electrons. The van der Waals surface area contributed by atoms with Crippen molar-refractivity contribution in [2.24, 2.45) is 0 Å². The summed E-state index contributed by atoms with van der Waals surface area (Å²) in [5.74, 6) is -0.311. The number of hydrogen-bond acceptors (Lipinski definition) is 4. The van der Waals surface area contributed by atoms with E-state index in [1.807, 2.05) is 0 Å². The Morgan fingerprint density at radius 2 is 1.68 bits per heavy atom. The summed E-state index contributed by atoms with van der Waals surface area (Å²) in [6, 6.07) is 4.26. The number of halogens is 1. The van der Waals surface area contributed by atoms with Crippen molar-refractivity contribution < 1.29 is 18.0 Å². The normalized spacial score (nSPS) is 19.2. The average molecular weight is 386 g/mol. The Labute approximate surface area is 152 Å². The van der Waals surface area contributed by atoms with Gasteiger partial charge < -0.3 is 9.80 Å². The van der Waals surface area contributed by atoms with Crippen LogP contribution >= 0.6 is 11.6 Å². The minimum absolute atomic E-state index is 0.0914. The number of carbonyl (C=O) groups is 2. The van der Waals surface area contributed by atoms with E-state index in [-0.39, 0.29) is 21.4 Å². The van der Waals surface area contributed by atoms with Crippen LogP contribution in [0.4, 0.5) is 0 Å². The average Bonchev–Trinajstić information content (AvgIpc) is 3.17. The zero-order valence-corrected chi connectivity index (χ0v) is 15.3. The van der Waals surface area contributed by atoms with Gasteiger partial charge in [0, 0.05) is 39.3 Å². The van der Waals surface area contributed by atoms with Crippen LogP contribution in [0, 0.1) is 0 Å². The number of hydrogen-bond donors (Lipinski definition) is 0. The molecule has 25 heavy (non-hydrogen) atoms. The lowest BCUT2D eigenvalue weighted by molar-refractivity contribution is -0.119. The molecule has 2 heterocycles. The zero-order valence-electron chi connectivity index (χ0n) is 13.7. The van der Waals surface area contributed by atoms with E-state index < -0.39 is 10.0 Å². The van der Waals surface area contributed by atoms with E-state index in [4.69, 9.17) is 11.6 Å². The first-order valence-electron chi connectivity index (χ1n) is 8.22. The molecule has 1 aromatic rings. The van der Waals surface area contributed by atoms with Crippen molar-refractivity contribution in [2.75, 3.05) is 39.3 Å². The Bertz CT molecular complexity index is 770. The summed E-state index contributed by atoms with van der Waals surface area (Å²) in [7, 11) is -3.61. The Kier molecular flexibility index (Phi) is 5.31. The number of carbonyl (C=O) groups excluding carboxylic acids is 2. The highest BCUT2D eigenvalue weighted by Crippen LogP contribution is 2.26. The monoisotopic (exact) mass is 385 g/mol. The highest BCUT2D eigenvalue weighted by Gasteiger charge is 2.29. The van der Waals surface area contributed by atoms with Crippen LogP contribution < -0.4 is 0 Å². The van der Waals surface area contributed by atoms with Gasteiger partial charge in [-0.2, -0.15) is 4.31 Å². The second-order valence-corrected chi connectivity index (χ2v) is 8.53. The third-order valence-electron chi connectivity index (χ3n) is 4.62. The van der Waals surface area contributed by atoms with E-state index in [0.717, 1.165) is 19.3 Å². The van der Waals surface area contributed by atoms with Crippen LogP contribution in [0.3, 0.4) is 0 Å². The van der Waals surface area contributed by atoms with Gasteiger partial charge in [0.25, 0.3) is 5.91 Å². The molecule has 2 saturated heterocycles. The predicted molar refractivity (Wildman–Crippen MR) is 93.0 cm³/mol. The molecule has 9 heteroatoms. The van der Waals surface area contributed by atoms with Gasteiger partial charge in [-0.25, -0.2) is 8.42 Å². The van der Waals surface area contributed by atoms with Gasteiger partial charge in [-0.15, -0.1) is 0 Å². The molecule has 2 aliphatic heterocycles. The smallest absolute Gasteiger partial charge is 0.255 e. The first-order valence-corrected chi connectivity index (χ1v) is 10.0. The first-order chi connectivity index (χ1) is 11.9. The molecule has 0 saturated carbocycles. The van der Waals surface area contributed by atoms with Crippen LogP contribution in [0.25, 0.3) is 0 Å². The van der Waals surface area contributed by atoms with Crippen molar-refractivity contribution in [3.8, 4) is 0 Å². The van der Waals surface area contributed by atoms with E-state index in [0.29, 0.717) is 39.3 Å². The molecule has 0 aliphatic carbocycles. The minimum Gasteiger partial charge on any atom is -0.342 e. The molecule has 3 rings (SSSR count). The van der Waals surface area contributed by atoms with Gasteiger partial charge in [0.15, 0.2) is 0 Å². The Balaban J connectivity index is 1.84. The highest BCUT2D eigenvalue weighted by atomic mass is 35.5. The van der Waals surface area contributed by atoms with Crippen LogP contribution in [-0.4, -0.2) is 74.1 Å². The standard InChI is InChI=1S/C16H20ClN3O4S/c17-15-4-3-13(25(23,24)20-5-1-2-6-20)11-14(15)16(22)19-9-7-18(12-21)8-10-19/h3-4,11-12H,1-2,5-10H2. The van der Waals surface area contributed by atoms with Gasteiger partial charge in [0.2, 0.25) is 16.4 Å². The van der Waals surface area contributed by atoms with Gasteiger partial charge in [-0.3, -0.25) is 9.59 Å². The molecule has 7 nitrogen and oxygen atoms in total. The van der Waals surface area contributed by atoms with E-state index in [2.05, 4.69) is 0 Å². The van der Waals surface area contributed by atoms with Gasteiger partial charge in [0.05, 0.1) is 15.5 Å². The molecule has 2 aliphatic rings. The molecule has 136 valence electrons. The summed E-state index contributed by atoms with van der Waals surface area (Å²) >= 11 is 6.15. The fraction of sp³-hybridized carbons (Fsp3) is 0.500. The fourth-order valence-corrected chi connectivity index (χ4v) is 4.85. The van der Waals surface area contributed by atoms with Crippen LogP contribution in [0.1, 0.15) is 23.2 Å². The molecular formula is C16H20ClN3O4S. The topological polar surface area (TPSA) is 78.0 Å². The summed E-state index contributed by atoms with van der Waals surface area (Å²) in [4.78, 5) is 26.8. The molecule has 0 unspecified atom stereocenters. The van der Waals surface area contributed by atoms with Crippen molar-refractivity contribution in [3.63, 3.8) is 0 Å². The summed E-state index contributed by atoms with van der Waals surface area (Å²) in [5.41, 5.74) is 0.182. The van der Waals surface area contributed by atoms with E-state index in [1.165, 1.54) is 22.5 Å². The summed E-state index contributed by atoms with van der Waals surface area (Å²) in [6.45, 7) is 2.72. The molecule has 1 aromatic carbocycles. The molecule has 2 fully saturated rings. The molecular weight excluding hydrogens is 366 g/mol. The summed E-state index contributed by atoms with van der Waals surface area (Å²) in [5, 5.41) is 0.225. The van der Waals surface area contributed by atoms with Crippen LogP contribution in [0.5, 0.6) is 0 Å². The van der Waals surface area contributed by atoms with Crippen molar-refractivity contribution in [1.29, 1.82) is 0 Å². The van der Waals surface area contributed by atoms with Gasteiger partial charge in [-0.1, -0.05) is 11.6 Å². The number of benzene rings is 1. The van der Waals surface area contributed by atoms with Gasteiger partial charge >= 0.3 is 0 Å². The lowest BCUT2D eigenvalue weighted by Crippen LogP contribution is -2.48. The first kappa shape index (κ1) is 18.2. The van der Waals surface area contributed by atoms with E-state index in [9.17, 15) is 18.0 Å². The van der Waals surface area contributed by atoms with Crippen molar-refractivity contribution in [1.82, 2.24) is 14.1 Å². The maximum atomic E-state index is 12.7. The van der Waals surface area contributed by atoms with Gasteiger partial charge in [-0.05, 0) is 31.0 Å². The highest BCUT2D eigenvalue weighted by molar-refractivity contribution is 7.89. The number of amides is 2. The minimum atomic E-state index is -3.61. The molecule has 0 N–H and O–H groups in total. The summed E-state index contributed by atoms with van der Waals surface area (Å²) < 4.78 is 26.8. The van der Waals surface area contributed by atoms with Crippen LogP contribution in [-0.2, 0) is 14.8 Å². The fourth-order valence-electron chi connectivity index (χ4n) is 3.11. The molecule has 0 atom stereocenters. The van der Waals surface area contributed by atoms with Crippen molar-refractivity contribution in [2.45, 2.75) is 17.7 Å². The SMILES string of the molecule is O=CN1CCN(C(=O)c2cc(S(=O)(=O)N3CCCC3)ccc2Cl)CC1. The number of piperazine rings is 1. The third-order valence-corrected chi connectivity index (χ3v) is 6.85. The quantitative estimate of drug-likeness (QED) is 0.725. The molecule has 2 amide bonds. The van der Waals surface area contributed by atoms with E-state index >= 15 is 0 Å². The molecule has 0 aromatic heterocycles. The molecule has 0 bridgehead atoms. The second kappa shape index (κ2) is 7.31. The maximum absolute atomic E-state index is 12.7. The Morgan fingerprint density at radius 1 is 1.04 bits per heavy atom.